The van der Waals surface area contributed by atoms with Crippen LogP contribution in [0.4, 0.5) is 10.2 Å². The van der Waals surface area contributed by atoms with Crippen molar-refractivity contribution in [1.29, 1.82) is 5.26 Å². The number of halogens is 1. The number of anilines is 1. The van der Waals surface area contributed by atoms with Gasteiger partial charge in [0.05, 0.1) is 5.56 Å². The third-order valence-corrected chi connectivity index (χ3v) is 4.61. The second-order valence-corrected chi connectivity index (χ2v) is 6.41. The average molecular weight is 380 g/mol. The fraction of sp³-hybridized carbons (Fsp3) is 0.263. The van der Waals surface area contributed by atoms with E-state index >= 15 is 0 Å². The molecule has 2 aromatic heterocycles. The van der Waals surface area contributed by atoms with Crippen LogP contribution in [0.25, 0.3) is 11.5 Å². The minimum Gasteiger partial charge on any atom is -0.388 e. The summed E-state index contributed by atoms with van der Waals surface area (Å²) >= 11 is 0. The van der Waals surface area contributed by atoms with Crippen LogP contribution in [0.15, 0.2) is 51.8 Å². The van der Waals surface area contributed by atoms with E-state index in [9.17, 15) is 14.4 Å². The number of aromatic nitrogens is 3. The predicted molar refractivity (Wildman–Crippen MR) is 98.9 cm³/mol. The quantitative estimate of drug-likeness (QED) is 0.680. The van der Waals surface area contributed by atoms with E-state index in [0.29, 0.717) is 49.8 Å². The molecule has 0 aliphatic carbocycles. The van der Waals surface area contributed by atoms with Gasteiger partial charge in [-0.1, -0.05) is 0 Å². The third-order valence-electron chi connectivity index (χ3n) is 4.61. The van der Waals surface area contributed by atoms with Gasteiger partial charge < -0.3 is 9.32 Å². The number of nitrogens with zero attached hydrogens (tertiary/aromatic N) is 6. The van der Waals surface area contributed by atoms with Crippen molar-refractivity contribution in [3.63, 3.8) is 0 Å². The lowest BCUT2D eigenvalue weighted by molar-refractivity contribution is 0.189. The minimum absolute atomic E-state index is 0.163. The zero-order valence-electron chi connectivity index (χ0n) is 15.0. The Balaban J connectivity index is 1.42. The van der Waals surface area contributed by atoms with Crippen LogP contribution in [0, 0.1) is 17.1 Å². The lowest BCUT2D eigenvalue weighted by atomic mass is 10.2. The smallest absolute Gasteiger partial charge is 0.388 e. The van der Waals surface area contributed by atoms with Crippen molar-refractivity contribution in [3.05, 3.63) is 64.5 Å². The molecule has 4 rings (SSSR count). The summed E-state index contributed by atoms with van der Waals surface area (Å²) in [7, 11) is 0. The molecule has 1 saturated heterocycles. The Bertz CT molecular complexity index is 1060. The average Bonchev–Trinajstić information content (AvgIpc) is 3.09. The van der Waals surface area contributed by atoms with Gasteiger partial charge in [-0.2, -0.15) is 9.94 Å². The predicted octanol–water partition coefficient (Wildman–Crippen LogP) is 1.69. The fourth-order valence-corrected chi connectivity index (χ4v) is 3.13. The molecule has 28 heavy (non-hydrogen) atoms. The van der Waals surface area contributed by atoms with Crippen molar-refractivity contribution >= 4 is 5.82 Å². The molecule has 1 aromatic carbocycles. The molecule has 0 unspecified atom stereocenters. The van der Waals surface area contributed by atoms with E-state index in [1.165, 1.54) is 28.9 Å². The van der Waals surface area contributed by atoms with Gasteiger partial charge in [0.2, 0.25) is 5.89 Å². The summed E-state index contributed by atoms with van der Waals surface area (Å²) in [6.07, 6.45) is 1.68. The van der Waals surface area contributed by atoms with Crippen LogP contribution in [0.1, 0.15) is 5.56 Å². The lowest BCUT2D eigenvalue weighted by Gasteiger charge is -2.35. The van der Waals surface area contributed by atoms with Crippen molar-refractivity contribution < 1.29 is 8.81 Å². The summed E-state index contributed by atoms with van der Waals surface area (Å²) in [6.45, 7) is 3.04. The number of piperazine rings is 1. The molecular weight excluding hydrogens is 363 g/mol. The first-order chi connectivity index (χ1) is 13.6. The Morgan fingerprint density at radius 1 is 1.14 bits per heavy atom. The van der Waals surface area contributed by atoms with Crippen molar-refractivity contribution in [2.24, 2.45) is 0 Å². The van der Waals surface area contributed by atoms with E-state index in [1.807, 2.05) is 0 Å². The van der Waals surface area contributed by atoms with E-state index < -0.39 is 5.76 Å². The summed E-state index contributed by atoms with van der Waals surface area (Å²) in [6, 6.07) is 11.3. The zero-order valence-corrected chi connectivity index (χ0v) is 15.0. The molecule has 1 aliphatic rings. The van der Waals surface area contributed by atoms with Gasteiger partial charge in [0.1, 0.15) is 24.4 Å². The normalized spacial score (nSPS) is 14.8. The topological polar surface area (TPSA) is 91.2 Å². The van der Waals surface area contributed by atoms with Crippen molar-refractivity contribution in [2.45, 2.75) is 6.67 Å². The van der Waals surface area contributed by atoms with Crippen molar-refractivity contribution in [2.75, 3.05) is 31.1 Å². The summed E-state index contributed by atoms with van der Waals surface area (Å²) in [5.41, 5.74) is 1.09. The lowest BCUT2D eigenvalue weighted by Crippen LogP contribution is -2.48. The third kappa shape index (κ3) is 3.63. The highest BCUT2D eigenvalue weighted by Crippen LogP contribution is 2.19. The van der Waals surface area contributed by atoms with Crippen LogP contribution >= 0.6 is 0 Å². The highest BCUT2D eigenvalue weighted by molar-refractivity contribution is 5.54. The second kappa shape index (κ2) is 7.62. The largest absolute Gasteiger partial charge is 0.438 e. The van der Waals surface area contributed by atoms with Gasteiger partial charge in [0.15, 0.2) is 0 Å². The van der Waals surface area contributed by atoms with E-state index in [4.69, 9.17) is 4.42 Å². The van der Waals surface area contributed by atoms with Crippen LogP contribution in [0.3, 0.4) is 0 Å². The highest BCUT2D eigenvalue weighted by atomic mass is 19.1. The van der Waals surface area contributed by atoms with Crippen molar-refractivity contribution in [1.82, 2.24) is 19.7 Å². The van der Waals surface area contributed by atoms with E-state index in [1.54, 1.807) is 18.3 Å². The molecule has 0 amide bonds. The highest BCUT2D eigenvalue weighted by Gasteiger charge is 2.21. The van der Waals surface area contributed by atoms with Gasteiger partial charge >= 0.3 is 5.76 Å². The number of hydrogen-bond donors (Lipinski definition) is 0. The van der Waals surface area contributed by atoms with Crippen LogP contribution in [0.5, 0.6) is 0 Å². The van der Waals surface area contributed by atoms with Gasteiger partial charge in [-0.05, 0) is 36.4 Å². The summed E-state index contributed by atoms with van der Waals surface area (Å²) in [5, 5.41) is 13.4. The number of hydrogen-bond acceptors (Lipinski definition) is 7. The minimum atomic E-state index is -0.557. The number of benzene rings is 1. The first-order valence-electron chi connectivity index (χ1n) is 8.80. The Morgan fingerprint density at radius 3 is 2.61 bits per heavy atom. The first kappa shape index (κ1) is 17.9. The molecule has 0 atom stereocenters. The zero-order chi connectivity index (χ0) is 19.5. The number of pyridine rings is 1. The SMILES string of the molecule is N#Cc1cccnc1N1CCN(Cn2nc(-c3ccc(F)cc3)oc2=O)CC1. The Labute approximate surface area is 160 Å². The van der Waals surface area contributed by atoms with E-state index in [0.717, 1.165) is 0 Å². The standard InChI is InChI=1S/C19H17FN6O2/c20-16-5-3-14(4-6-16)18-23-26(19(27)28-18)13-24-8-10-25(11-9-24)17-15(12-21)2-1-7-22-17/h1-7H,8-11,13H2. The molecule has 0 bridgehead atoms. The molecule has 0 saturated carbocycles. The monoisotopic (exact) mass is 380 g/mol. The number of rotatable bonds is 4. The molecule has 142 valence electrons. The van der Waals surface area contributed by atoms with Gasteiger partial charge in [-0.3, -0.25) is 4.90 Å². The molecular formula is C19H17FN6O2. The summed E-state index contributed by atoms with van der Waals surface area (Å²) in [5.74, 6) is -0.0771. The van der Waals surface area contributed by atoms with Gasteiger partial charge in [0.25, 0.3) is 0 Å². The molecule has 0 N–H and O–H groups in total. The Morgan fingerprint density at radius 2 is 1.89 bits per heavy atom. The Hall–Kier alpha value is -3.51. The Kier molecular flexibility index (Phi) is 4.87. The van der Waals surface area contributed by atoms with Gasteiger partial charge in [-0.15, -0.1) is 5.10 Å². The summed E-state index contributed by atoms with van der Waals surface area (Å²) < 4.78 is 19.5. The maximum Gasteiger partial charge on any atom is 0.438 e. The maximum atomic E-state index is 13.0. The van der Waals surface area contributed by atoms with Crippen LogP contribution in [0.2, 0.25) is 0 Å². The van der Waals surface area contributed by atoms with E-state index in [-0.39, 0.29) is 11.7 Å². The second-order valence-electron chi connectivity index (χ2n) is 6.41. The molecule has 3 heterocycles. The molecule has 0 spiro atoms. The molecule has 3 aromatic rings. The van der Waals surface area contributed by atoms with Crippen LogP contribution < -0.4 is 10.7 Å². The molecule has 9 heteroatoms. The molecule has 1 fully saturated rings. The number of nitriles is 1. The van der Waals surface area contributed by atoms with Gasteiger partial charge in [0, 0.05) is 37.9 Å². The molecule has 1 aliphatic heterocycles. The molecule has 8 nitrogen and oxygen atoms in total. The molecule has 0 radical (unpaired) electrons. The summed E-state index contributed by atoms with van der Waals surface area (Å²) in [4.78, 5) is 20.5. The van der Waals surface area contributed by atoms with E-state index in [2.05, 4.69) is 26.0 Å². The maximum absolute atomic E-state index is 13.0. The van der Waals surface area contributed by atoms with Crippen molar-refractivity contribution in [3.8, 4) is 17.5 Å². The van der Waals surface area contributed by atoms with Crippen LogP contribution in [-0.2, 0) is 6.67 Å². The first-order valence-corrected chi connectivity index (χ1v) is 8.80. The van der Waals surface area contributed by atoms with Gasteiger partial charge in [-0.25, -0.2) is 14.2 Å². The fourth-order valence-electron chi connectivity index (χ4n) is 3.13. The van der Waals surface area contributed by atoms with Crippen LogP contribution in [-0.4, -0.2) is 45.8 Å².